The van der Waals surface area contributed by atoms with Crippen molar-refractivity contribution in [1.82, 2.24) is 10.6 Å². The van der Waals surface area contributed by atoms with Gasteiger partial charge in [0.2, 0.25) is 0 Å². The third-order valence-corrected chi connectivity index (χ3v) is 3.27. The monoisotopic (exact) mass is 168 g/mol. The third kappa shape index (κ3) is 1.50. The summed E-state index contributed by atoms with van der Waals surface area (Å²) < 4.78 is 0. The highest BCUT2D eigenvalue weighted by molar-refractivity contribution is 4.97. The van der Waals surface area contributed by atoms with Crippen LogP contribution in [0.15, 0.2) is 0 Å². The van der Waals surface area contributed by atoms with E-state index in [0.29, 0.717) is 11.7 Å². The first-order chi connectivity index (χ1) is 5.70. The Balaban J connectivity index is 2.00. The minimum atomic E-state index is 0.317. The van der Waals surface area contributed by atoms with Crippen molar-refractivity contribution in [3.05, 3.63) is 0 Å². The zero-order chi connectivity index (χ0) is 8.60. The molecule has 3 atom stereocenters. The Bertz CT molecular complexity index is 165. The Labute approximate surface area is 75.1 Å². The summed E-state index contributed by atoms with van der Waals surface area (Å²) in [5.74, 6) is 0.893. The second kappa shape index (κ2) is 3.00. The Morgan fingerprint density at radius 1 is 1.33 bits per heavy atom. The Morgan fingerprint density at radius 3 is 2.75 bits per heavy atom. The summed E-state index contributed by atoms with van der Waals surface area (Å²) >= 11 is 0. The van der Waals surface area contributed by atoms with Gasteiger partial charge in [-0.25, -0.2) is 0 Å². The molecule has 70 valence electrons. The predicted octanol–water partition coefficient (Wildman–Crippen LogP) is 1.47. The summed E-state index contributed by atoms with van der Waals surface area (Å²) in [7, 11) is 0. The van der Waals surface area contributed by atoms with Gasteiger partial charge < -0.3 is 0 Å². The molecule has 2 rings (SSSR count). The van der Waals surface area contributed by atoms with Crippen molar-refractivity contribution in [3.63, 3.8) is 0 Å². The van der Waals surface area contributed by atoms with Crippen LogP contribution in [0.2, 0.25) is 0 Å². The van der Waals surface area contributed by atoms with Crippen LogP contribution < -0.4 is 10.6 Å². The van der Waals surface area contributed by atoms with Crippen molar-refractivity contribution in [1.29, 1.82) is 0 Å². The molecule has 0 bridgehead atoms. The molecule has 12 heavy (non-hydrogen) atoms. The van der Waals surface area contributed by atoms with E-state index in [4.69, 9.17) is 0 Å². The zero-order valence-corrected chi connectivity index (χ0v) is 8.19. The molecule has 0 aromatic rings. The van der Waals surface area contributed by atoms with Gasteiger partial charge >= 0.3 is 0 Å². The standard InChI is InChI=1S/C10H20N2/c1-8-4-3-5-10(6-8)11-7-9(2)12-10/h8-9,11-12H,3-7H2,1-2H3/t8-,9-,10-/m0/s1. The molecule has 0 aromatic carbocycles. The van der Waals surface area contributed by atoms with E-state index in [0.717, 1.165) is 12.5 Å². The van der Waals surface area contributed by atoms with E-state index in [9.17, 15) is 0 Å². The molecule has 0 unspecified atom stereocenters. The highest BCUT2D eigenvalue weighted by Crippen LogP contribution is 2.32. The van der Waals surface area contributed by atoms with E-state index >= 15 is 0 Å². The number of rotatable bonds is 0. The largest absolute Gasteiger partial charge is 0.298 e. The molecule has 2 fully saturated rings. The molecule has 2 aliphatic rings. The average molecular weight is 168 g/mol. The lowest BCUT2D eigenvalue weighted by Gasteiger charge is -2.37. The van der Waals surface area contributed by atoms with Gasteiger partial charge in [0.05, 0.1) is 5.66 Å². The molecule has 0 aromatic heterocycles. The Morgan fingerprint density at radius 2 is 2.17 bits per heavy atom. The van der Waals surface area contributed by atoms with Crippen LogP contribution >= 0.6 is 0 Å². The van der Waals surface area contributed by atoms with Gasteiger partial charge in [-0.05, 0) is 25.7 Å². The fourth-order valence-electron chi connectivity index (χ4n) is 2.77. The quantitative estimate of drug-likeness (QED) is 0.572. The van der Waals surface area contributed by atoms with Gasteiger partial charge in [0, 0.05) is 12.6 Å². The normalized spacial score (nSPS) is 48.5. The summed E-state index contributed by atoms with van der Waals surface area (Å²) in [4.78, 5) is 0. The van der Waals surface area contributed by atoms with Crippen molar-refractivity contribution in [2.24, 2.45) is 5.92 Å². The minimum Gasteiger partial charge on any atom is -0.298 e. The van der Waals surface area contributed by atoms with E-state index in [2.05, 4.69) is 24.5 Å². The van der Waals surface area contributed by atoms with E-state index in [1.54, 1.807) is 0 Å². The lowest BCUT2D eigenvalue weighted by atomic mass is 9.82. The maximum atomic E-state index is 3.69. The van der Waals surface area contributed by atoms with Crippen LogP contribution in [-0.4, -0.2) is 18.2 Å². The summed E-state index contributed by atoms with van der Waals surface area (Å²) in [6, 6.07) is 0.662. The maximum Gasteiger partial charge on any atom is 0.0692 e. The van der Waals surface area contributed by atoms with Crippen LogP contribution in [0.4, 0.5) is 0 Å². The van der Waals surface area contributed by atoms with E-state index < -0.39 is 0 Å². The van der Waals surface area contributed by atoms with Crippen molar-refractivity contribution >= 4 is 0 Å². The Kier molecular flexibility index (Phi) is 2.13. The number of hydrogen-bond donors (Lipinski definition) is 2. The van der Waals surface area contributed by atoms with Gasteiger partial charge in [-0.2, -0.15) is 0 Å². The zero-order valence-electron chi connectivity index (χ0n) is 8.19. The molecule has 1 saturated carbocycles. The molecule has 1 heterocycles. The van der Waals surface area contributed by atoms with E-state index in [1.807, 2.05) is 0 Å². The van der Waals surface area contributed by atoms with Crippen molar-refractivity contribution in [3.8, 4) is 0 Å². The second-order valence-electron chi connectivity index (χ2n) is 4.71. The third-order valence-electron chi connectivity index (χ3n) is 3.27. The minimum absolute atomic E-state index is 0.317. The first-order valence-corrected chi connectivity index (χ1v) is 5.23. The molecule has 1 spiro atoms. The van der Waals surface area contributed by atoms with Gasteiger partial charge in [-0.3, -0.25) is 10.6 Å². The molecule has 1 aliphatic carbocycles. The van der Waals surface area contributed by atoms with Crippen LogP contribution in [0.1, 0.15) is 39.5 Å². The molecular weight excluding hydrogens is 148 g/mol. The van der Waals surface area contributed by atoms with Gasteiger partial charge in [0.15, 0.2) is 0 Å². The van der Waals surface area contributed by atoms with Crippen LogP contribution in [0.5, 0.6) is 0 Å². The fourth-order valence-corrected chi connectivity index (χ4v) is 2.77. The molecule has 2 nitrogen and oxygen atoms in total. The number of hydrogen-bond acceptors (Lipinski definition) is 2. The van der Waals surface area contributed by atoms with E-state index in [1.165, 1.54) is 25.7 Å². The van der Waals surface area contributed by atoms with Gasteiger partial charge in [0.25, 0.3) is 0 Å². The van der Waals surface area contributed by atoms with Crippen LogP contribution in [0, 0.1) is 5.92 Å². The highest BCUT2D eigenvalue weighted by atomic mass is 15.3. The van der Waals surface area contributed by atoms with Crippen LogP contribution in [-0.2, 0) is 0 Å². The van der Waals surface area contributed by atoms with Crippen molar-refractivity contribution < 1.29 is 0 Å². The molecular formula is C10H20N2. The van der Waals surface area contributed by atoms with Gasteiger partial charge in [0.1, 0.15) is 0 Å². The lowest BCUT2D eigenvalue weighted by molar-refractivity contribution is 0.183. The maximum absolute atomic E-state index is 3.69. The lowest BCUT2D eigenvalue weighted by Crippen LogP contribution is -2.52. The summed E-state index contributed by atoms with van der Waals surface area (Å²) in [5, 5.41) is 7.33. The average Bonchev–Trinajstić information content (AvgIpc) is 2.32. The topological polar surface area (TPSA) is 24.1 Å². The van der Waals surface area contributed by atoms with Crippen molar-refractivity contribution in [2.75, 3.05) is 6.54 Å². The summed E-state index contributed by atoms with van der Waals surface area (Å²) in [6.07, 6.45) is 5.44. The van der Waals surface area contributed by atoms with Crippen LogP contribution in [0.3, 0.4) is 0 Å². The molecule has 2 heteroatoms. The predicted molar refractivity (Wildman–Crippen MR) is 51.0 cm³/mol. The van der Waals surface area contributed by atoms with Gasteiger partial charge in [-0.15, -0.1) is 0 Å². The first-order valence-electron chi connectivity index (χ1n) is 5.23. The smallest absolute Gasteiger partial charge is 0.0692 e. The highest BCUT2D eigenvalue weighted by Gasteiger charge is 2.39. The SMILES string of the molecule is C[C@H]1CCC[C@]2(C1)NC[C@H](C)N2. The fraction of sp³-hybridized carbons (Fsp3) is 1.00. The molecule has 1 saturated heterocycles. The summed E-state index contributed by atoms with van der Waals surface area (Å²) in [6.45, 7) is 5.78. The number of nitrogens with one attached hydrogen (secondary N) is 2. The first kappa shape index (κ1) is 8.52. The molecule has 1 aliphatic heterocycles. The van der Waals surface area contributed by atoms with E-state index in [-0.39, 0.29) is 0 Å². The summed E-state index contributed by atoms with van der Waals surface area (Å²) in [5.41, 5.74) is 0.317. The second-order valence-corrected chi connectivity index (χ2v) is 4.71. The Hall–Kier alpha value is -0.0800. The molecule has 0 amide bonds. The molecule has 0 radical (unpaired) electrons. The molecule has 2 N–H and O–H groups in total. The van der Waals surface area contributed by atoms with Crippen LogP contribution in [0.25, 0.3) is 0 Å². The van der Waals surface area contributed by atoms with Gasteiger partial charge in [-0.1, -0.05) is 19.8 Å². The van der Waals surface area contributed by atoms with Crippen molar-refractivity contribution in [2.45, 2.75) is 51.2 Å².